The first-order valence-electron chi connectivity index (χ1n) is 10.6. The summed E-state index contributed by atoms with van der Waals surface area (Å²) >= 11 is 1.61. The maximum Gasteiger partial charge on any atom is 0.339 e. The normalized spacial score (nSPS) is 13.8. The zero-order valence-electron chi connectivity index (χ0n) is 20.2. The highest BCUT2D eigenvalue weighted by molar-refractivity contribution is 7.15. The molecular weight excluding hydrogens is 422 g/mol. The third-order valence-corrected chi connectivity index (χ3v) is 6.82. The smallest absolute Gasteiger partial charge is 0.339 e. The second-order valence-corrected chi connectivity index (χ2v) is 10.4. The molecule has 0 aliphatic rings. The number of hydrogen-bond acceptors (Lipinski definition) is 5. The number of aromatic nitrogens is 1. The van der Waals surface area contributed by atoms with Gasteiger partial charge in [0, 0.05) is 11.8 Å². The highest BCUT2D eigenvalue weighted by atomic mass is 32.1. The fraction of sp³-hybridized carbons (Fsp3) is 0.423. The van der Waals surface area contributed by atoms with E-state index in [1.807, 2.05) is 26.1 Å². The lowest BCUT2D eigenvalue weighted by molar-refractivity contribution is -0.134. The van der Waals surface area contributed by atoms with Gasteiger partial charge >= 0.3 is 5.97 Å². The van der Waals surface area contributed by atoms with E-state index < -0.39 is 11.8 Å². The van der Waals surface area contributed by atoms with E-state index in [2.05, 4.69) is 38.7 Å². The van der Waals surface area contributed by atoms with Gasteiger partial charge in [-0.15, -0.1) is 11.3 Å². The summed E-state index contributed by atoms with van der Waals surface area (Å²) in [6, 6.07) is 4.07. The summed E-state index contributed by atoms with van der Waals surface area (Å²) in [5.41, 5.74) is 3.52. The summed E-state index contributed by atoms with van der Waals surface area (Å²) in [5.74, 6) is -0.676. The second-order valence-electron chi connectivity index (χ2n) is 9.12. The number of ether oxygens (including phenoxy) is 1. The van der Waals surface area contributed by atoms with Gasteiger partial charge in [-0.05, 0) is 73.4 Å². The Morgan fingerprint density at radius 2 is 1.94 bits per heavy atom. The molecule has 2 aromatic rings. The van der Waals surface area contributed by atoms with Crippen LogP contribution in [0.5, 0.6) is 5.75 Å². The van der Waals surface area contributed by atoms with Gasteiger partial charge in [-0.1, -0.05) is 33.8 Å². The van der Waals surface area contributed by atoms with E-state index in [4.69, 9.17) is 4.74 Å². The quantitative estimate of drug-likeness (QED) is 0.285. The number of allylic oxidation sites excluding steroid dienone is 3. The maximum atomic E-state index is 12.6. The van der Waals surface area contributed by atoms with Crippen LogP contribution < -0.4 is 4.74 Å². The van der Waals surface area contributed by atoms with Crippen molar-refractivity contribution in [1.82, 2.24) is 4.98 Å². The molecule has 1 aromatic heterocycles. The van der Waals surface area contributed by atoms with Gasteiger partial charge in [-0.2, -0.15) is 0 Å². The van der Waals surface area contributed by atoms with Crippen LogP contribution in [-0.2, 0) is 16.0 Å². The Morgan fingerprint density at radius 3 is 2.41 bits per heavy atom. The Labute approximate surface area is 194 Å². The van der Waals surface area contributed by atoms with Gasteiger partial charge in [0.2, 0.25) is 0 Å². The van der Waals surface area contributed by atoms with Crippen molar-refractivity contribution in [3.05, 3.63) is 52.2 Å². The van der Waals surface area contributed by atoms with Gasteiger partial charge in [0.25, 0.3) is 0 Å². The number of carboxylic acids is 1. The molecule has 0 aliphatic heterocycles. The summed E-state index contributed by atoms with van der Waals surface area (Å²) in [7, 11) is 1.63. The number of rotatable bonds is 8. The summed E-state index contributed by atoms with van der Waals surface area (Å²) in [5, 5.41) is 10.3. The number of ketones is 1. The third kappa shape index (κ3) is 5.94. The molecule has 5 nitrogen and oxygen atoms in total. The lowest BCUT2D eigenvalue weighted by Crippen LogP contribution is -2.20. The van der Waals surface area contributed by atoms with Gasteiger partial charge in [-0.25, -0.2) is 9.78 Å². The summed E-state index contributed by atoms with van der Waals surface area (Å²) in [4.78, 5) is 29.4. The fourth-order valence-corrected chi connectivity index (χ4v) is 4.17. The molecule has 0 aliphatic carbocycles. The number of aryl methyl sites for hydroxylation is 1. The van der Waals surface area contributed by atoms with Crippen LogP contribution in [0.15, 0.2) is 36.1 Å². The molecule has 1 aromatic carbocycles. The topological polar surface area (TPSA) is 76.5 Å². The highest BCUT2D eigenvalue weighted by Gasteiger charge is 2.24. The first kappa shape index (κ1) is 25.5. The van der Waals surface area contributed by atoms with E-state index in [1.165, 1.54) is 12.2 Å². The third-order valence-electron chi connectivity index (χ3n) is 5.87. The van der Waals surface area contributed by atoms with Crippen LogP contribution in [0.25, 0.3) is 16.0 Å². The number of nitrogens with zero attached hydrogens (tertiary/aromatic N) is 1. The van der Waals surface area contributed by atoms with Gasteiger partial charge in [0.05, 0.1) is 17.0 Å². The number of aliphatic carboxylic acids is 1. The van der Waals surface area contributed by atoms with Crippen molar-refractivity contribution >= 4 is 28.7 Å². The number of benzene rings is 1. The zero-order valence-corrected chi connectivity index (χ0v) is 21.0. The summed E-state index contributed by atoms with van der Waals surface area (Å²) < 4.78 is 5.70. The largest absolute Gasteiger partial charge is 0.496 e. The van der Waals surface area contributed by atoms with Crippen LogP contribution in [0.1, 0.15) is 57.7 Å². The minimum absolute atomic E-state index is 0.104. The predicted octanol–water partition coefficient (Wildman–Crippen LogP) is 6.36. The molecule has 0 fully saturated rings. The van der Waals surface area contributed by atoms with E-state index in [-0.39, 0.29) is 11.0 Å². The van der Waals surface area contributed by atoms with Crippen molar-refractivity contribution in [2.75, 3.05) is 7.11 Å². The van der Waals surface area contributed by atoms with Crippen molar-refractivity contribution in [2.24, 2.45) is 11.3 Å². The van der Waals surface area contributed by atoms with Crippen LogP contribution in [0.3, 0.4) is 0 Å². The maximum absolute atomic E-state index is 12.6. The molecule has 0 amide bonds. The number of carbonyl (C=O) groups is 2. The van der Waals surface area contributed by atoms with Crippen LogP contribution in [0.4, 0.5) is 0 Å². The van der Waals surface area contributed by atoms with Crippen LogP contribution in [-0.4, -0.2) is 29.0 Å². The summed E-state index contributed by atoms with van der Waals surface area (Å²) in [6.45, 7) is 14.2. The van der Waals surface area contributed by atoms with Crippen molar-refractivity contribution in [1.29, 1.82) is 0 Å². The van der Waals surface area contributed by atoms with Gasteiger partial charge in [0.15, 0.2) is 5.78 Å². The van der Waals surface area contributed by atoms with Crippen LogP contribution >= 0.6 is 11.3 Å². The van der Waals surface area contributed by atoms with Gasteiger partial charge in [-0.3, -0.25) is 4.79 Å². The average Bonchev–Trinajstić information content (AvgIpc) is 3.13. The molecule has 2 rings (SSSR count). The Bertz CT molecular complexity index is 1070. The molecule has 1 atom stereocenters. The molecule has 6 heteroatoms. The monoisotopic (exact) mass is 455 g/mol. The first-order valence-corrected chi connectivity index (χ1v) is 11.5. The number of hydrogen-bond donors (Lipinski definition) is 1. The molecule has 1 heterocycles. The molecule has 172 valence electrons. The lowest BCUT2D eigenvalue weighted by Gasteiger charge is -2.28. The molecule has 0 saturated heterocycles. The Balaban J connectivity index is 2.67. The zero-order chi connectivity index (χ0) is 24.2. The van der Waals surface area contributed by atoms with Crippen LogP contribution in [0, 0.1) is 18.3 Å². The standard InChI is InChI=1S/C26H33NO4S/c1-9-19(25(29)30)22(28)10-15(2)20-13-23(31-8)21(24-14-27-17(4)32-24)12-18(20)11-16(3)26(5,6)7/h9-10,12-14,16H,11H2,1-8H3,(H,29,30)/b15-10+,19-9+. The van der Waals surface area contributed by atoms with E-state index in [9.17, 15) is 14.7 Å². The van der Waals surface area contributed by atoms with E-state index >= 15 is 0 Å². The van der Waals surface area contributed by atoms with Crippen molar-refractivity contribution in [2.45, 2.75) is 54.9 Å². The Morgan fingerprint density at radius 1 is 1.28 bits per heavy atom. The Hall–Kier alpha value is -2.73. The van der Waals surface area contributed by atoms with E-state index in [0.29, 0.717) is 17.2 Å². The van der Waals surface area contributed by atoms with Crippen molar-refractivity contribution < 1.29 is 19.4 Å². The number of carbonyl (C=O) groups excluding carboxylic acids is 1. The van der Waals surface area contributed by atoms with Gasteiger partial charge < -0.3 is 9.84 Å². The molecule has 32 heavy (non-hydrogen) atoms. The fourth-order valence-electron chi connectivity index (χ4n) is 3.37. The molecule has 0 radical (unpaired) electrons. The van der Waals surface area contributed by atoms with Crippen LogP contribution in [0.2, 0.25) is 0 Å². The molecule has 1 N–H and O–H groups in total. The van der Waals surface area contributed by atoms with E-state index in [0.717, 1.165) is 33.0 Å². The van der Waals surface area contributed by atoms with Crippen molar-refractivity contribution in [3.63, 3.8) is 0 Å². The molecule has 0 bridgehead atoms. The minimum Gasteiger partial charge on any atom is -0.496 e. The van der Waals surface area contributed by atoms with Crippen molar-refractivity contribution in [3.8, 4) is 16.2 Å². The van der Waals surface area contributed by atoms with Gasteiger partial charge in [0.1, 0.15) is 11.3 Å². The number of carboxylic acid groups (broad SMARTS) is 1. The summed E-state index contributed by atoms with van der Waals surface area (Å²) in [6.07, 6.45) is 5.39. The molecular formula is C26H33NO4S. The Kier molecular flexibility index (Phi) is 8.18. The first-order chi connectivity index (χ1) is 14.9. The lowest BCUT2D eigenvalue weighted by atomic mass is 9.77. The molecule has 0 spiro atoms. The van der Waals surface area contributed by atoms with E-state index in [1.54, 1.807) is 25.4 Å². The SMILES string of the molecule is C/C=C(/C(=O)O)C(=O)/C=C(\C)c1cc(OC)c(-c2cnc(C)s2)cc1CC(C)C(C)(C)C. The highest BCUT2D eigenvalue weighted by Crippen LogP contribution is 2.40. The number of thiazole rings is 1. The predicted molar refractivity (Wildman–Crippen MR) is 131 cm³/mol. The second kappa shape index (κ2) is 10.3. The molecule has 0 saturated carbocycles. The minimum atomic E-state index is -1.23. The molecule has 1 unspecified atom stereocenters. The average molecular weight is 456 g/mol. The number of methoxy groups -OCH3 is 1.